The normalized spacial score (nSPS) is 13.1. The maximum atomic E-state index is 13.2. The number of nitrogens with zero attached hydrogens (tertiary/aromatic N) is 3. The Bertz CT molecular complexity index is 1220. The molecule has 0 bridgehead atoms. The predicted molar refractivity (Wildman–Crippen MR) is 103 cm³/mol. The number of hydrogen-bond acceptors (Lipinski definition) is 4. The Kier molecular flexibility index (Phi) is 3.50. The third-order valence-electron chi connectivity index (χ3n) is 4.89. The summed E-state index contributed by atoms with van der Waals surface area (Å²) in [4.78, 5) is 26.7. The molecule has 132 valence electrons. The van der Waals surface area contributed by atoms with E-state index in [-0.39, 0.29) is 11.4 Å². The highest BCUT2D eigenvalue weighted by molar-refractivity contribution is 5.92. The third-order valence-corrected chi connectivity index (χ3v) is 4.89. The molecule has 0 spiro atoms. The molecule has 2 aromatic carbocycles. The number of hydrogen-bond donors (Lipinski definition) is 1. The molecule has 6 heteroatoms. The standard InChI is InChI=1S/C21H15FN4O/c22-15-7-5-13(6-8-15)16-9-11-23-19-18(16)20(27)25-21(24-19)26-12-10-14-3-1-2-4-17(14)26/h1-9,11H,10,12H2,(H,23,24,25,27). The first-order valence-corrected chi connectivity index (χ1v) is 8.71. The van der Waals surface area contributed by atoms with Crippen LogP contribution in [0.25, 0.3) is 22.2 Å². The lowest BCUT2D eigenvalue weighted by atomic mass is 10.0. The molecule has 1 N–H and O–H groups in total. The van der Waals surface area contributed by atoms with Crippen LogP contribution in [-0.4, -0.2) is 21.5 Å². The first-order chi connectivity index (χ1) is 13.2. The molecule has 1 aliphatic heterocycles. The van der Waals surface area contributed by atoms with Gasteiger partial charge in [-0.2, -0.15) is 4.98 Å². The van der Waals surface area contributed by atoms with E-state index < -0.39 is 0 Å². The first-order valence-electron chi connectivity index (χ1n) is 8.71. The number of nitrogens with one attached hydrogen (secondary N) is 1. The molecule has 5 nitrogen and oxygen atoms in total. The largest absolute Gasteiger partial charge is 0.311 e. The van der Waals surface area contributed by atoms with Gasteiger partial charge in [-0.05, 0) is 47.4 Å². The molecule has 5 rings (SSSR count). The molecule has 27 heavy (non-hydrogen) atoms. The van der Waals surface area contributed by atoms with Crippen molar-refractivity contribution in [2.24, 2.45) is 0 Å². The lowest BCUT2D eigenvalue weighted by molar-refractivity contribution is 0.628. The summed E-state index contributed by atoms with van der Waals surface area (Å²) in [5.74, 6) is 0.167. The van der Waals surface area contributed by atoms with E-state index in [0.717, 1.165) is 24.2 Å². The number of halogens is 1. The summed E-state index contributed by atoms with van der Waals surface area (Å²) in [7, 11) is 0. The number of anilines is 2. The molecule has 0 saturated carbocycles. The molecular formula is C21H15FN4O. The molecule has 2 aromatic heterocycles. The molecule has 3 heterocycles. The van der Waals surface area contributed by atoms with Crippen molar-refractivity contribution in [3.63, 3.8) is 0 Å². The van der Waals surface area contributed by atoms with Crippen molar-refractivity contribution in [2.75, 3.05) is 11.4 Å². The summed E-state index contributed by atoms with van der Waals surface area (Å²) in [6.45, 7) is 0.755. The molecule has 0 aliphatic carbocycles. The van der Waals surface area contributed by atoms with Crippen LogP contribution in [-0.2, 0) is 6.42 Å². The number of para-hydroxylation sites is 1. The average Bonchev–Trinajstić information content (AvgIpc) is 3.12. The Morgan fingerprint density at radius 2 is 1.85 bits per heavy atom. The smallest absolute Gasteiger partial charge is 0.262 e. The Morgan fingerprint density at radius 1 is 1.04 bits per heavy atom. The minimum Gasteiger partial charge on any atom is -0.311 e. The van der Waals surface area contributed by atoms with Gasteiger partial charge in [0.15, 0.2) is 5.65 Å². The Labute approximate surface area is 154 Å². The van der Waals surface area contributed by atoms with Crippen molar-refractivity contribution in [1.29, 1.82) is 0 Å². The van der Waals surface area contributed by atoms with Gasteiger partial charge in [-0.1, -0.05) is 30.3 Å². The highest BCUT2D eigenvalue weighted by atomic mass is 19.1. The van der Waals surface area contributed by atoms with Crippen molar-refractivity contribution in [3.8, 4) is 11.1 Å². The van der Waals surface area contributed by atoms with Gasteiger partial charge in [0, 0.05) is 18.4 Å². The second kappa shape index (κ2) is 6.02. The first kappa shape index (κ1) is 15.7. The van der Waals surface area contributed by atoms with Gasteiger partial charge in [-0.25, -0.2) is 9.37 Å². The fourth-order valence-electron chi connectivity index (χ4n) is 3.61. The zero-order chi connectivity index (χ0) is 18.4. The minimum atomic E-state index is -0.320. The molecule has 0 radical (unpaired) electrons. The molecule has 0 unspecified atom stereocenters. The summed E-state index contributed by atoms with van der Waals surface area (Å²) >= 11 is 0. The fraction of sp³-hybridized carbons (Fsp3) is 0.0952. The fourth-order valence-corrected chi connectivity index (χ4v) is 3.61. The van der Waals surface area contributed by atoms with Crippen molar-refractivity contribution >= 4 is 22.7 Å². The Balaban J connectivity index is 1.67. The van der Waals surface area contributed by atoms with Gasteiger partial charge in [0.2, 0.25) is 5.95 Å². The zero-order valence-corrected chi connectivity index (χ0v) is 14.3. The van der Waals surface area contributed by atoms with Crippen LogP contribution in [0.3, 0.4) is 0 Å². The number of aromatic amines is 1. The number of pyridine rings is 1. The third kappa shape index (κ3) is 2.57. The van der Waals surface area contributed by atoms with Crippen LogP contribution in [0, 0.1) is 5.82 Å². The molecular weight excluding hydrogens is 343 g/mol. The van der Waals surface area contributed by atoms with Crippen molar-refractivity contribution in [3.05, 3.63) is 82.5 Å². The van der Waals surface area contributed by atoms with Crippen LogP contribution in [0.2, 0.25) is 0 Å². The van der Waals surface area contributed by atoms with E-state index in [1.54, 1.807) is 24.4 Å². The van der Waals surface area contributed by atoms with E-state index in [1.165, 1.54) is 17.7 Å². The SMILES string of the molecule is O=c1[nH]c(N2CCc3ccccc32)nc2nccc(-c3ccc(F)cc3)c12. The molecule has 0 saturated heterocycles. The molecule has 1 aliphatic rings. The van der Waals surface area contributed by atoms with Crippen LogP contribution in [0.1, 0.15) is 5.56 Å². The summed E-state index contributed by atoms with van der Waals surface area (Å²) in [5, 5.41) is 0.403. The van der Waals surface area contributed by atoms with Gasteiger partial charge < -0.3 is 4.90 Å². The van der Waals surface area contributed by atoms with E-state index in [1.807, 2.05) is 23.1 Å². The molecule has 4 aromatic rings. The zero-order valence-electron chi connectivity index (χ0n) is 14.3. The number of rotatable bonds is 2. The summed E-state index contributed by atoms with van der Waals surface area (Å²) in [6, 6.07) is 15.9. The topological polar surface area (TPSA) is 61.9 Å². The van der Waals surface area contributed by atoms with Crippen molar-refractivity contribution in [2.45, 2.75) is 6.42 Å². The van der Waals surface area contributed by atoms with Crippen LogP contribution in [0.5, 0.6) is 0 Å². The van der Waals surface area contributed by atoms with Gasteiger partial charge in [0.1, 0.15) is 5.82 Å². The molecule has 0 amide bonds. The van der Waals surface area contributed by atoms with E-state index >= 15 is 0 Å². The van der Waals surface area contributed by atoms with Crippen LogP contribution in [0.15, 0.2) is 65.6 Å². The van der Waals surface area contributed by atoms with Gasteiger partial charge >= 0.3 is 0 Å². The average molecular weight is 358 g/mol. The van der Waals surface area contributed by atoms with Crippen LogP contribution in [0.4, 0.5) is 16.0 Å². The lowest BCUT2D eigenvalue weighted by Gasteiger charge is -2.18. The van der Waals surface area contributed by atoms with Crippen molar-refractivity contribution in [1.82, 2.24) is 15.0 Å². The Hall–Kier alpha value is -3.54. The van der Waals surface area contributed by atoms with E-state index in [4.69, 9.17) is 0 Å². The molecule has 0 fully saturated rings. The van der Waals surface area contributed by atoms with Crippen LogP contribution >= 0.6 is 0 Å². The number of aromatic nitrogens is 3. The van der Waals surface area contributed by atoms with E-state index in [2.05, 4.69) is 21.0 Å². The number of H-pyrrole nitrogens is 1. The Morgan fingerprint density at radius 3 is 2.70 bits per heavy atom. The van der Waals surface area contributed by atoms with Gasteiger partial charge in [0.25, 0.3) is 5.56 Å². The monoisotopic (exact) mass is 358 g/mol. The second-order valence-corrected chi connectivity index (χ2v) is 6.48. The van der Waals surface area contributed by atoms with Gasteiger partial charge in [-0.15, -0.1) is 0 Å². The summed E-state index contributed by atoms with van der Waals surface area (Å²) < 4.78 is 13.2. The maximum Gasteiger partial charge on any atom is 0.262 e. The lowest BCUT2D eigenvalue weighted by Crippen LogP contribution is -2.21. The predicted octanol–water partition coefficient (Wildman–Crippen LogP) is 3.82. The highest BCUT2D eigenvalue weighted by Gasteiger charge is 2.23. The summed E-state index contributed by atoms with van der Waals surface area (Å²) in [5.41, 5.74) is 3.83. The quantitative estimate of drug-likeness (QED) is 0.592. The minimum absolute atomic E-state index is 0.258. The molecule has 0 atom stereocenters. The second-order valence-electron chi connectivity index (χ2n) is 6.48. The van der Waals surface area contributed by atoms with E-state index in [9.17, 15) is 9.18 Å². The summed E-state index contributed by atoms with van der Waals surface area (Å²) in [6.07, 6.45) is 2.52. The number of benzene rings is 2. The highest BCUT2D eigenvalue weighted by Crippen LogP contribution is 2.33. The van der Waals surface area contributed by atoms with Gasteiger partial charge in [0.05, 0.1) is 5.39 Å². The number of fused-ring (bicyclic) bond motifs is 2. The van der Waals surface area contributed by atoms with E-state index in [0.29, 0.717) is 22.5 Å². The van der Waals surface area contributed by atoms with Crippen LogP contribution < -0.4 is 10.5 Å². The van der Waals surface area contributed by atoms with Crippen molar-refractivity contribution < 1.29 is 4.39 Å². The van der Waals surface area contributed by atoms with Gasteiger partial charge in [-0.3, -0.25) is 9.78 Å². The maximum absolute atomic E-state index is 13.2.